The first-order valence-electron chi connectivity index (χ1n) is 7.34. The zero-order valence-corrected chi connectivity index (χ0v) is 13.4. The Hall–Kier alpha value is -2.81. The Morgan fingerprint density at radius 2 is 2.21 bits per heavy atom. The molecule has 9 heteroatoms. The summed E-state index contributed by atoms with van der Waals surface area (Å²) in [5.74, 6) is -0.590. The number of aryl methyl sites for hydroxylation is 1. The number of hydrogen-bond donors (Lipinski definition) is 2. The number of amides is 2. The van der Waals surface area contributed by atoms with Gasteiger partial charge in [-0.2, -0.15) is 0 Å². The molecule has 2 amide bonds. The largest absolute Gasteiger partial charge is 0.351 e. The van der Waals surface area contributed by atoms with E-state index < -0.39 is 10.8 Å². The molecule has 124 valence electrons. The predicted molar refractivity (Wildman–Crippen MR) is 88.2 cm³/mol. The standard InChI is InChI=1S/C15H14N4O4S/c20-12(8-9-4-1-2-6-11(9)19(22)23)18-15-17-10-5-3-7-16-14(21)13(10)24-15/h1-2,4,6H,3,5,7-8H2,(H,16,21)(H,17,18,20). The summed E-state index contributed by atoms with van der Waals surface area (Å²) in [5.41, 5.74) is 0.911. The first kappa shape index (κ1) is 16.1. The minimum Gasteiger partial charge on any atom is -0.351 e. The molecule has 0 unspecified atom stereocenters. The van der Waals surface area contributed by atoms with Crippen molar-refractivity contribution in [3.8, 4) is 0 Å². The minimum absolute atomic E-state index is 0.0954. The van der Waals surface area contributed by atoms with Gasteiger partial charge >= 0.3 is 0 Å². The van der Waals surface area contributed by atoms with Gasteiger partial charge in [0.05, 0.1) is 17.0 Å². The van der Waals surface area contributed by atoms with Crippen molar-refractivity contribution in [3.63, 3.8) is 0 Å². The molecule has 0 fully saturated rings. The number of fused-ring (bicyclic) bond motifs is 1. The normalized spacial score (nSPS) is 13.6. The summed E-state index contributed by atoms with van der Waals surface area (Å²) in [7, 11) is 0. The van der Waals surface area contributed by atoms with Gasteiger partial charge in [-0.1, -0.05) is 29.5 Å². The lowest BCUT2D eigenvalue weighted by Gasteiger charge is -2.03. The molecule has 24 heavy (non-hydrogen) atoms. The third kappa shape index (κ3) is 3.40. The molecule has 2 aromatic rings. The Labute approximate surface area is 141 Å². The van der Waals surface area contributed by atoms with E-state index in [-0.39, 0.29) is 18.0 Å². The van der Waals surface area contributed by atoms with Crippen LogP contribution in [-0.2, 0) is 17.6 Å². The first-order chi connectivity index (χ1) is 11.5. The maximum atomic E-state index is 12.2. The number of rotatable bonds is 4. The summed E-state index contributed by atoms with van der Waals surface area (Å²) in [6.45, 7) is 0.612. The number of aromatic nitrogens is 1. The fraction of sp³-hybridized carbons (Fsp3) is 0.267. The predicted octanol–water partition coefficient (Wildman–Crippen LogP) is 1.91. The molecule has 1 aliphatic rings. The van der Waals surface area contributed by atoms with Crippen molar-refractivity contribution >= 4 is 34.0 Å². The van der Waals surface area contributed by atoms with Crippen LogP contribution in [0.4, 0.5) is 10.8 Å². The van der Waals surface area contributed by atoms with Crippen LogP contribution in [0.25, 0.3) is 0 Å². The molecule has 2 heterocycles. The number of carbonyl (C=O) groups excluding carboxylic acids is 2. The van der Waals surface area contributed by atoms with Crippen LogP contribution in [0.1, 0.15) is 27.3 Å². The first-order valence-corrected chi connectivity index (χ1v) is 8.16. The van der Waals surface area contributed by atoms with Gasteiger partial charge in [0.1, 0.15) is 4.88 Å². The lowest BCUT2D eigenvalue weighted by Crippen LogP contribution is -2.21. The molecular weight excluding hydrogens is 332 g/mol. The molecule has 8 nitrogen and oxygen atoms in total. The highest BCUT2D eigenvalue weighted by atomic mass is 32.1. The zero-order chi connectivity index (χ0) is 17.1. The number of hydrogen-bond acceptors (Lipinski definition) is 6. The molecule has 2 N–H and O–H groups in total. The summed E-state index contributed by atoms with van der Waals surface area (Å²) in [6.07, 6.45) is 1.34. The van der Waals surface area contributed by atoms with E-state index in [1.807, 2.05) is 0 Å². The summed E-state index contributed by atoms with van der Waals surface area (Å²) >= 11 is 1.12. The van der Waals surface area contributed by atoms with Gasteiger partial charge in [-0.05, 0) is 12.8 Å². The third-order valence-corrected chi connectivity index (χ3v) is 4.58. The van der Waals surface area contributed by atoms with Crippen molar-refractivity contribution in [2.75, 3.05) is 11.9 Å². The summed E-state index contributed by atoms with van der Waals surface area (Å²) in [6, 6.07) is 6.10. The van der Waals surface area contributed by atoms with Crippen LogP contribution in [0.15, 0.2) is 24.3 Å². The Balaban J connectivity index is 1.73. The molecule has 0 saturated heterocycles. The maximum Gasteiger partial charge on any atom is 0.273 e. The van der Waals surface area contributed by atoms with Crippen molar-refractivity contribution in [2.24, 2.45) is 0 Å². The number of thiazole rings is 1. The highest BCUT2D eigenvalue weighted by Gasteiger charge is 2.22. The Morgan fingerprint density at radius 3 is 3.00 bits per heavy atom. The lowest BCUT2D eigenvalue weighted by molar-refractivity contribution is -0.385. The number of anilines is 1. The van der Waals surface area contributed by atoms with Crippen LogP contribution in [0.5, 0.6) is 0 Å². The summed E-state index contributed by atoms with van der Waals surface area (Å²) in [4.78, 5) is 39.3. The highest BCUT2D eigenvalue weighted by molar-refractivity contribution is 7.17. The van der Waals surface area contributed by atoms with Gasteiger partial charge in [-0.3, -0.25) is 19.7 Å². The van der Waals surface area contributed by atoms with Crippen LogP contribution < -0.4 is 10.6 Å². The van der Waals surface area contributed by atoms with E-state index in [9.17, 15) is 19.7 Å². The van der Waals surface area contributed by atoms with Gasteiger partial charge in [0.15, 0.2) is 5.13 Å². The van der Waals surface area contributed by atoms with Crippen LogP contribution in [0.2, 0.25) is 0 Å². The van der Waals surface area contributed by atoms with Gasteiger partial charge in [0, 0.05) is 18.2 Å². The second-order valence-corrected chi connectivity index (χ2v) is 6.26. The van der Waals surface area contributed by atoms with E-state index in [0.29, 0.717) is 34.2 Å². The van der Waals surface area contributed by atoms with E-state index in [2.05, 4.69) is 15.6 Å². The molecule has 0 aliphatic carbocycles. The average Bonchev–Trinajstić information content (AvgIpc) is 2.86. The molecule has 1 aliphatic heterocycles. The quantitative estimate of drug-likeness (QED) is 0.648. The van der Waals surface area contributed by atoms with Gasteiger partial charge < -0.3 is 10.6 Å². The van der Waals surface area contributed by atoms with Crippen molar-refractivity contribution < 1.29 is 14.5 Å². The lowest BCUT2D eigenvalue weighted by atomic mass is 10.1. The monoisotopic (exact) mass is 346 g/mol. The van der Waals surface area contributed by atoms with Gasteiger partial charge in [-0.25, -0.2) is 4.98 Å². The second kappa shape index (κ2) is 6.75. The van der Waals surface area contributed by atoms with E-state index >= 15 is 0 Å². The fourth-order valence-electron chi connectivity index (χ4n) is 2.46. The third-order valence-electron chi connectivity index (χ3n) is 3.57. The smallest absolute Gasteiger partial charge is 0.273 e. The molecule has 0 spiro atoms. The molecule has 3 rings (SSSR count). The molecule has 0 bridgehead atoms. The molecular formula is C15H14N4O4S. The summed E-state index contributed by atoms with van der Waals surface area (Å²) in [5, 5.41) is 16.7. The van der Waals surface area contributed by atoms with Crippen LogP contribution in [-0.4, -0.2) is 28.3 Å². The fourth-order valence-corrected chi connectivity index (χ4v) is 3.41. The number of nitro groups is 1. The minimum atomic E-state index is -0.515. The van der Waals surface area contributed by atoms with Gasteiger partial charge in [0.25, 0.3) is 11.6 Å². The van der Waals surface area contributed by atoms with E-state index in [0.717, 1.165) is 17.8 Å². The van der Waals surface area contributed by atoms with Crippen molar-refractivity contribution in [1.29, 1.82) is 0 Å². The number of benzene rings is 1. The van der Waals surface area contributed by atoms with E-state index in [4.69, 9.17) is 0 Å². The molecule has 0 radical (unpaired) electrons. The van der Waals surface area contributed by atoms with Crippen LogP contribution >= 0.6 is 11.3 Å². The van der Waals surface area contributed by atoms with Crippen LogP contribution in [0.3, 0.4) is 0 Å². The average molecular weight is 346 g/mol. The number of nitrogens with zero attached hydrogens (tertiary/aromatic N) is 2. The highest BCUT2D eigenvalue weighted by Crippen LogP contribution is 2.26. The second-order valence-electron chi connectivity index (χ2n) is 5.27. The molecule has 0 atom stereocenters. The Kier molecular flexibility index (Phi) is 4.52. The van der Waals surface area contributed by atoms with Gasteiger partial charge in [-0.15, -0.1) is 0 Å². The van der Waals surface area contributed by atoms with E-state index in [1.165, 1.54) is 6.07 Å². The van der Waals surface area contributed by atoms with Gasteiger partial charge in [0.2, 0.25) is 5.91 Å². The SMILES string of the molecule is O=C(Cc1ccccc1[N+](=O)[O-])Nc1nc2c(s1)C(=O)NCCC2. The van der Waals surface area contributed by atoms with Crippen LogP contribution in [0, 0.1) is 10.1 Å². The van der Waals surface area contributed by atoms with E-state index in [1.54, 1.807) is 18.2 Å². The number of para-hydroxylation sites is 1. The van der Waals surface area contributed by atoms with Crippen molar-refractivity contribution in [3.05, 3.63) is 50.5 Å². The number of nitrogens with one attached hydrogen (secondary N) is 2. The summed E-state index contributed by atoms with van der Waals surface area (Å²) < 4.78 is 0. The topological polar surface area (TPSA) is 114 Å². The Bertz CT molecular complexity index is 818. The molecule has 1 aromatic heterocycles. The van der Waals surface area contributed by atoms with Crippen molar-refractivity contribution in [2.45, 2.75) is 19.3 Å². The molecule has 1 aromatic carbocycles. The van der Waals surface area contributed by atoms with Crippen molar-refractivity contribution in [1.82, 2.24) is 10.3 Å². The number of carbonyl (C=O) groups is 2. The number of nitro benzene ring substituents is 1. The molecule has 0 saturated carbocycles. The maximum absolute atomic E-state index is 12.2. The Morgan fingerprint density at radius 1 is 1.42 bits per heavy atom. The zero-order valence-electron chi connectivity index (χ0n) is 12.6.